The van der Waals surface area contributed by atoms with Gasteiger partial charge in [0.15, 0.2) is 6.10 Å². The molecule has 0 aliphatic heterocycles. The van der Waals surface area contributed by atoms with Crippen LogP contribution >= 0.6 is 0 Å². The third-order valence-electron chi connectivity index (χ3n) is 4.21. The first kappa shape index (κ1) is 17.7. The molecule has 26 heavy (non-hydrogen) atoms. The predicted molar refractivity (Wildman–Crippen MR) is 101 cm³/mol. The molecule has 2 aromatic carbocycles. The normalized spacial score (nSPS) is 11.8. The van der Waals surface area contributed by atoms with Crippen molar-refractivity contribution in [3.05, 3.63) is 77.9 Å². The van der Waals surface area contributed by atoms with Crippen LogP contribution in [0.15, 0.2) is 60.9 Å². The van der Waals surface area contributed by atoms with Crippen LogP contribution in [0.3, 0.4) is 0 Å². The summed E-state index contributed by atoms with van der Waals surface area (Å²) in [5, 5.41) is 2.91. The molecular formula is C21H23N3O2. The van der Waals surface area contributed by atoms with Gasteiger partial charge in [-0.15, -0.1) is 0 Å². The lowest BCUT2D eigenvalue weighted by Crippen LogP contribution is -2.35. The van der Waals surface area contributed by atoms with E-state index in [-0.39, 0.29) is 5.91 Å². The zero-order chi connectivity index (χ0) is 18.5. The smallest absolute Gasteiger partial charge is 0.261 e. The molecule has 0 saturated carbocycles. The van der Waals surface area contributed by atoms with Crippen LogP contribution in [0.2, 0.25) is 0 Å². The van der Waals surface area contributed by atoms with Crippen LogP contribution in [0.4, 0.5) is 0 Å². The molecule has 0 radical (unpaired) electrons. The first-order valence-electron chi connectivity index (χ1n) is 8.63. The van der Waals surface area contributed by atoms with E-state index < -0.39 is 6.10 Å². The fraction of sp³-hybridized carbons (Fsp3) is 0.238. The van der Waals surface area contributed by atoms with Crippen LogP contribution in [0, 0.1) is 13.8 Å². The zero-order valence-electron chi connectivity index (χ0n) is 15.3. The third kappa shape index (κ3) is 4.30. The standard InChI is InChI=1S/C21H23N3O2/c1-15-4-10-20(11-5-15)26-16(2)21(25)23-14-18-6-8-19(9-7-18)24-13-12-22-17(24)3/h4-13,16H,14H2,1-3H3,(H,23,25)/t16-/m0/s1. The van der Waals surface area contributed by atoms with Crippen molar-refractivity contribution in [2.45, 2.75) is 33.4 Å². The summed E-state index contributed by atoms with van der Waals surface area (Å²) in [7, 11) is 0. The number of benzene rings is 2. The third-order valence-corrected chi connectivity index (χ3v) is 4.21. The monoisotopic (exact) mass is 349 g/mol. The van der Waals surface area contributed by atoms with E-state index in [1.165, 1.54) is 0 Å². The van der Waals surface area contributed by atoms with Crippen molar-refractivity contribution in [2.24, 2.45) is 0 Å². The number of imidazole rings is 1. The van der Waals surface area contributed by atoms with Crippen molar-refractivity contribution in [2.75, 3.05) is 0 Å². The molecule has 0 fully saturated rings. The largest absolute Gasteiger partial charge is 0.481 e. The summed E-state index contributed by atoms with van der Waals surface area (Å²) in [4.78, 5) is 16.5. The lowest BCUT2D eigenvalue weighted by Gasteiger charge is -2.15. The molecule has 1 heterocycles. The highest BCUT2D eigenvalue weighted by Gasteiger charge is 2.14. The second kappa shape index (κ2) is 7.87. The molecule has 1 amide bonds. The SMILES string of the molecule is Cc1ccc(O[C@@H](C)C(=O)NCc2ccc(-n3ccnc3C)cc2)cc1. The minimum atomic E-state index is -0.550. The lowest BCUT2D eigenvalue weighted by atomic mass is 10.2. The molecular weight excluding hydrogens is 326 g/mol. The molecule has 0 aliphatic carbocycles. The van der Waals surface area contributed by atoms with Gasteiger partial charge in [-0.2, -0.15) is 0 Å². The first-order chi connectivity index (χ1) is 12.5. The predicted octanol–water partition coefficient (Wildman–Crippen LogP) is 3.57. The van der Waals surface area contributed by atoms with Gasteiger partial charge in [0, 0.05) is 24.6 Å². The number of aromatic nitrogens is 2. The topological polar surface area (TPSA) is 56.1 Å². The molecule has 1 atom stereocenters. The number of ether oxygens (including phenoxy) is 1. The van der Waals surface area contributed by atoms with E-state index in [9.17, 15) is 4.79 Å². The van der Waals surface area contributed by atoms with Gasteiger partial charge in [0.1, 0.15) is 11.6 Å². The number of rotatable bonds is 6. The van der Waals surface area contributed by atoms with E-state index in [0.717, 1.165) is 22.6 Å². The zero-order valence-corrected chi connectivity index (χ0v) is 15.3. The molecule has 5 nitrogen and oxygen atoms in total. The average Bonchev–Trinajstić information content (AvgIpc) is 3.08. The molecule has 5 heteroatoms. The average molecular weight is 349 g/mol. The Morgan fingerprint density at radius 1 is 1.12 bits per heavy atom. The second-order valence-corrected chi connectivity index (χ2v) is 6.30. The summed E-state index contributed by atoms with van der Waals surface area (Å²) in [5.41, 5.74) is 3.23. The number of carbonyl (C=O) groups excluding carboxylic acids is 1. The number of hydrogen-bond acceptors (Lipinski definition) is 3. The fourth-order valence-corrected chi connectivity index (χ4v) is 2.63. The Morgan fingerprint density at radius 2 is 1.81 bits per heavy atom. The molecule has 1 N–H and O–H groups in total. The maximum atomic E-state index is 12.2. The molecule has 0 saturated heterocycles. The summed E-state index contributed by atoms with van der Waals surface area (Å²) in [5.74, 6) is 1.49. The van der Waals surface area contributed by atoms with Gasteiger partial charge in [-0.3, -0.25) is 4.79 Å². The van der Waals surface area contributed by atoms with E-state index in [1.807, 2.05) is 73.1 Å². The van der Waals surface area contributed by atoms with Gasteiger partial charge >= 0.3 is 0 Å². The number of aryl methyl sites for hydroxylation is 2. The summed E-state index contributed by atoms with van der Waals surface area (Å²) in [6.45, 7) is 6.19. The van der Waals surface area contributed by atoms with Crippen molar-refractivity contribution in [3.8, 4) is 11.4 Å². The van der Waals surface area contributed by atoms with Gasteiger partial charge in [-0.1, -0.05) is 29.8 Å². The van der Waals surface area contributed by atoms with Crippen LogP contribution in [0.5, 0.6) is 5.75 Å². The maximum Gasteiger partial charge on any atom is 0.261 e. The molecule has 1 aromatic heterocycles. The summed E-state index contributed by atoms with van der Waals surface area (Å²) in [6.07, 6.45) is 3.15. The summed E-state index contributed by atoms with van der Waals surface area (Å²) in [6, 6.07) is 15.7. The molecule has 0 aliphatic rings. The van der Waals surface area contributed by atoms with E-state index >= 15 is 0 Å². The van der Waals surface area contributed by atoms with Gasteiger partial charge in [0.25, 0.3) is 5.91 Å². The number of amides is 1. The Bertz CT molecular complexity index is 867. The molecule has 0 bridgehead atoms. The number of nitrogens with one attached hydrogen (secondary N) is 1. The van der Waals surface area contributed by atoms with Gasteiger partial charge in [-0.25, -0.2) is 4.98 Å². The van der Waals surface area contributed by atoms with E-state index in [4.69, 9.17) is 4.74 Å². The molecule has 3 aromatic rings. The Kier molecular flexibility index (Phi) is 5.37. The van der Waals surface area contributed by atoms with Crippen molar-refractivity contribution in [1.82, 2.24) is 14.9 Å². The minimum absolute atomic E-state index is 0.139. The highest BCUT2D eigenvalue weighted by molar-refractivity contribution is 5.80. The fourth-order valence-electron chi connectivity index (χ4n) is 2.63. The van der Waals surface area contributed by atoms with Crippen molar-refractivity contribution in [3.63, 3.8) is 0 Å². The quantitative estimate of drug-likeness (QED) is 0.740. The lowest BCUT2D eigenvalue weighted by molar-refractivity contribution is -0.127. The minimum Gasteiger partial charge on any atom is -0.481 e. The van der Waals surface area contributed by atoms with Gasteiger partial charge < -0.3 is 14.6 Å². The highest BCUT2D eigenvalue weighted by Crippen LogP contribution is 2.14. The second-order valence-electron chi connectivity index (χ2n) is 6.30. The molecule has 0 unspecified atom stereocenters. The van der Waals surface area contributed by atoms with E-state index in [1.54, 1.807) is 13.1 Å². The highest BCUT2D eigenvalue weighted by atomic mass is 16.5. The Balaban J connectivity index is 1.54. The van der Waals surface area contributed by atoms with Crippen molar-refractivity contribution < 1.29 is 9.53 Å². The Morgan fingerprint density at radius 3 is 2.42 bits per heavy atom. The number of nitrogens with zero attached hydrogens (tertiary/aromatic N) is 2. The van der Waals surface area contributed by atoms with Crippen LogP contribution in [-0.2, 0) is 11.3 Å². The van der Waals surface area contributed by atoms with E-state index in [0.29, 0.717) is 12.3 Å². The van der Waals surface area contributed by atoms with Crippen molar-refractivity contribution in [1.29, 1.82) is 0 Å². The van der Waals surface area contributed by atoms with Gasteiger partial charge in [0.2, 0.25) is 0 Å². The van der Waals surface area contributed by atoms with E-state index in [2.05, 4.69) is 10.3 Å². The maximum absolute atomic E-state index is 12.2. The number of carbonyl (C=O) groups is 1. The molecule has 3 rings (SSSR count). The summed E-state index contributed by atoms with van der Waals surface area (Å²) >= 11 is 0. The molecule has 0 spiro atoms. The number of hydrogen-bond donors (Lipinski definition) is 1. The summed E-state index contributed by atoms with van der Waals surface area (Å²) < 4.78 is 7.69. The van der Waals surface area contributed by atoms with Crippen LogP contribution in [-0.4, -0.2) is 21.6 Å². The Labute approximate surface area is 153 Å². The van der Waals surface area contributed by atoms with Gasteiger partial charge in [-0.05, 0) is 50.6 Å². The van der Waals surface area contributed by atoms with Crippen LogP contribution in [0.25, 0.3) is 5.69 Å². The first-order valence-corrected chi connectivity index (χ1v) is 8.63. The van der Waals surface area contributed by atoms with Crippen molar-refractivity contribution >= 4 is 5.91 Å². The van der Waals surface area contributed by atoms with Gasteiger partial charge in [0.05, 0.1) is 0 Å². The van der Waals surface area contributed by atoms with Crippen LogP contribution < -0.4 is 10.1 Å². The Hall–Kier alpha value is -3.08. The molecule has 134 valence electrons. The van der Waals surface area contributed by atoms with Crippen LogP contribution in [0.1, 0.15) is 23.9 Å².